The van der Waals surface area contributed by atoms with Crippen LogP contribution in [0.25, 0.3) is 0 Å². The van der Waals surface area contributed by atoms with Gasteiger partial charge in [0.25, 0.3) is 0 Å². The van der Waals surface area contributed by atoms with Gasteiger partial charge < -0.3 is 15.4 Å². The molecule has 2 rings (SSSR count). The number of methoxy groups -OCH3 is 1. The molecule has 1 aromatic rings. The van der Waals surface area contributed by atoms with E-state index in [1.54, 1.807) is 6.20 Å². The number of rotatable bonds is 2. The monoisotopic (exact) mass is 236 g/mol. The van der Waals surface area contributed by atoms with Gasteiger partial charge in [0.1, 0.15) is 5.82 Å². The first kappa shape index (κ1) is 11.8. The van der Waals surface area contributed by atoms with Gasteiger partial charge in [-0.25, -0.2) is 14.8 Å². The highest BCUT2D eigenvalue weighted by Crippen LogP contribution is 2.15. The van der Waals surface area contributed by atoms with Gasteiger partial charge in [-0.15, -0.1) is 0 Å². The Labute approximate surface area is 99.8 Å². The molecule has 1 aliphatic heterocycles. The van der Waals surface area contributed by atoms with Crippen LogP contribution < -0.4 is 10.6 Å². The highest BCUT2D eigenvalue weighted by atomic mass is 16.5. The lowest BCUT2D eigenvalue weighted by atomic mass is 10.1. The smallest absolute Gasteiger partial charge is 0.358 e. The van der Waals surface area contributed by atoms with Crippen molar-refractivity contribution in [2.24, 2.45) is 5.73 Å². The number of esters is 1. The van der Waals surface area contributed by atoms with Gasteiger partial charge in [0.2, 0.25) is 0 Å². The van der Waals surface area contributed by atoms with Crippen molar-refractivity contribution in [1.82, 2.24) is 9.97 Å². The van der Waals surface area contributed by atoms with Gasteiger partial charge in [-0.3, -0.25) is 0 Å². The molecule has 0 spiro atoms. The molecule has 0 radical (unpaired) electrons. The minimum absolute atomic E-state index is 0.186. The van der Waals surface area contributed by atoms with Crippen molar-refractivity contribution in [2.75, 3.05) is 25.1 Å². The lowest BCUT2D eigenvalue weighted by Gasteiger charge is -2.31. The number of carbonyl (C=O) groups is 1. The van der Waals surface area contributed by atoms with E-state index >= 15 is 0 Å². The fourth-order valence-electron chi connectivity index (χ4n) is 1.91. The molecular weight excluding hydrogens is 220 g/mol. The fraction of sp³-hybridized carbons (Fsp3) is 0.545. The third-order valence-corrected chi connectivity index (χ3v) is 2.81. The van der Waals surface area contributed by atoms with E-state index in [1.165, 1.54) is 13.3 Å². The van der Waals surface area contributed by atoms with Crippen LogP contribution in [0.15, 0.2) is 12.4 Å². The second kappa shape index (κ2) is 5.09. The second-order valence-electron chi connectivity index (χ2n) is 4.10. The number of hydrogen-bond donors (Lipinski definition) is 1. The zero-order chi connectivity index (χ0) is 12.3. The van der Waals surface area contributed by atoms with Crippen LogP contribution in [0.2, 0.25) is 0 Å². The normalized spacial score (nSPS) is 20.1. The van der Waals surface area contributed by atoms with Gasteiger partial charge in [0.15, 0.2) is 5.69 Å². The van der Waals surface area contributed by atoms with Crippen LogP contribution in [-0.4, -0.2) is 42.2 Å². The van der Waals surface area contributed by atoms with Gasteiger partial charge in [-0.05, 0) is 12.8 Å². The molecule has 0 aliphatic carbocycles. The number of carbonyl (C=O) groups excluding carboxylic acids is 1. The van der Waals surface area contributed by atoms with Crippen LogP contribution >= 0.6 is 0 Å². The molecule has 2 N–H and O–H groups in total. The van der Waals surface area contributed by atoms with Crippen molar-refractivity contribution in [3.63, 3.8) is 0 Å². The average Bonchev–Trinajstić information content (AvgIpc) is 2.38. The molecule has 6 nitrogen and oxygen atoms in total. The van der Waals surface area contributed by atoms with Crippen molar-refractivity contribution in [3.05, 3.63) is 18.1 Å². The molecule has 1 atom stereocenters. The van der Waals surface area contributed by atoms with Gasteiger partial charge in [-0.2, -0.15) is 0 Å². The maximum atomic E-state index is 11.2. The quantitative estimate of drug-likeness (QED) is 0.738. The number of ether oxygens (including phenoxy) is 1. The number of nitrogens with zero attached hydrogens (tertiary/aromatic N) is 3. The summed E-state index contributed by atoms with van der Waals surface area (Å²) in [6.07, 6.45) is 5.12. The van der Waals surface area contributed by atoms with E-state index in [0.29, 0.717) is 0 Å². The van der Waals surface area contributed by atoms with Crippen LogP contribution in [-0.2, 0) is 4.74 Å². The van der Waals surface area contributed by atoms with E-state index < -0.39 is 5.97 Å². The summed E-state index contributed by atoms with van der Waals surface area (Å²) >= 11 is 0. The molecule has 92 valence electrons. The standard InChI is InChI=1S/C11H16N4O2/c1-17-11(16)9-5-14-10(6-13-9)15-4-2-3-8(12)7-15/h5-6,8H,2-4,7,12H2,1H3. The summed E-state index contributed by atoms with van der Waals surface area (Å²) in [6.45, 7) is 1.71. The van der Waals surface area contributed by atoms with E-state index in [9.17, 15) is 4.79 Å². The highest BCUT2D eigenvalue weighted by Gasteiger charge is 2.18. The Morgan fingerprint density at radius 1 is 1.53 bits per heavy atom. The summed E-state index contributed by atoms with van der Waals surface area (Å²) in [4.78, 5) is 21.5. The van der Waals surface area contributed by atoms with Crippen molar-refractivity contribution < 1.29 is 9.53 Å². The maximum absolute atomic E-state index is 11.2. The van der Waals surface area contributed by atoms with Crippen molar-refractivity contribution in [1.29, 1.82) is 0 Å². The topological polar surface area (TPSA) is 81.3 Å². The van der Waals surface area contributed by atoms with E-state index in [4.69, 9.17) is 5.73 Å². The lowest BCUT2D eigenvalue weighted by molar-refractivity contribution is 0.0593. The third-order valence-electron chi connectivity index (χ3n) is 2.81. The molecular formula is C11H16N4O2. The first-order valence-electron chi connectivity index (χ1n) is 5.61. The number of piperidine rings is 1. The van der Waals surface area contributed by atoms with Crippen molar-refractivity contribution in [3.8, 4) is 0 Å². The minimum atomic E-state index is -0.473. The molecule has 0 saturated carbocycles. The van der Waals surface area contributed by atoms with Crippen LogP contribution in [0.3, 0.4) is 0 Å². The summed E-state index contributed by atoms with van der Waals surface area (Å²) in [5, 5.41) is 0. The number of anilines is 1. The summed E-state index contributed by atoms with van der Waals surface area (Å²) < 4.78 is 4.56. The number of hydrogen-bond acceptors (Lipinski definition) is 6. The number of aromatic nitrogens is 2. The van der Waals surface area contributed by atoms with Gasteiger partial charge in [-0.1, -0.05) is 0 Å². The zero-order valence-corrected chi connectivity index (χ0v) is 9.80. The molecule has 0 amide bonds. The van der Waals surface area contributed by atoms with Crippen LogP contribution in [0.1, 0.15) is 23.3 Å². The molecule has 6 heteroatoms. The van der Waals surface area contributed by atoms with Crippen LogP contribution in [0.5, 0.6) is 0 Å². The Bertz CT molecular complexity index is 393. The summed E-state index contributed by atoms with van der Waals surface area (Å²) in [7, 11) is 1.32. The molecule has 0 bridgehead atoms. The average molecular weight is 236 g/mol. The Morgan fingerprint density at radius 3 is 2.94 bits per heavy atom. The molecule has 1 saturated heterocycles. The summed E-state index contributed by atoms with van der Waals surface area (Å²) in [5.74, 6) is 0.284. The number of nitrogens with two attached hydrogens (primary N) is 1. The third kappa shape index (κ3) is 2.71. The van der Waals surface area contributed by atoms with E-state index in [2.05, 4.69) is 19.6 Å². The lowest BCUT2D eigenvalue weighted by Crippen LogP contribution is -2.43. The Kier molecular flexibility index (Phi) is 3.53. The second-order valence-corrected chi connectivity index (χ2v) is 4.10. The molecule has 1 unspecified atom stereocenters. The van der Waals surface area contributed by atoms with Crippen molar-refractivity contribution >= 4 is 11.8 Å². The molecule has 0 aromatic carbocycles. The first-order chi connectivity index (χ1) is 8.20. The minimum Gasteiger partial charge on any atom is -0.464 e. The fourth-order valence-corrected chi connectivity index (χ4v) is 1.91. The molecule has 1 fully saturated rings. The molecule has 2 heterocycles. The van der Waals surface area contributed by atoms with E-state index in [0.717, 1.165) is 31.7 Å². The van der Waals surface area contributed by atoms with E-state index in [-0.39, 0.29) is 11.7 Å². The maximum Gasteiger partial charge on any atom is 0.358 e. The highest BCUT2D eigenvalue weighted by molar-refractivity contribution is 5.86. The van der Waals surface area contributed by atoms with Crippen LogP contribution in [0.4, 0.5) is 5.82 Å². The Morgan fingerprint density at radius 2 is 2.35 bits per heavy atom. The summed E-state index contributed by atoms with van der Waals surface area (Å²) in [6, 6.07) is 0.186. The Balaban J connectivity index is 2.09. The van der Waals surface area contributed by atoms with Gasteiger partial charge in [0.05, 0.1) is 19.5 Å². The predicted octanol–water partition coefficient (Wildman–Crippen LogP) is 0.191. The van der Waals surface area contributed by atoms with Crippen molar-refractivity contribution in [2.45, 2.75) is 18.9 Å². The van der Waals surface area contributed by atoms with Gasteiger partial charge >= 0.3 is 5.97 Å². The largest absolute Gasteiger partial charge is 0.464 e. The van der Waals surface area contributed by atoms with Crippen LogP contribution in [0, 0.1) is 0 Å². The molecule has 1 aromatic heterocycles. The van der Waals surface area contributed by atoms with Gasteiger partial charge in [0, 0.05) is 19.1 Å². The van der Waals surface area contributed by atoms with E-state index in [1.807, 2.05) is 0 Å². The summed E-state index contributed by atoms with van der Waals surface area (Å²) in [5.41, 5.74) is 6.12. The molecule has 1 aliphatic rings. The Hall–Kier alpha value is -1.69. The zero-order valence-electron chi connectivity index (χ0n) is 9.80. The first-order valence-corrected chi connectivity index (χ1v) is 5.61. The SMILES string of the molecule is COC(=O)c1cnc(N2CCCC(N)C2)cn1. The predicted molar refractivity (Wildman–Crippen MR) is 62.8 cm³/mol. The molecule has 17 heavy (non-hydrogen) atoms.